The van der Waals surface area contributed by atoms with Crippen molar-refractivity contribution in [2.24, 2.45) is 12.0 Å². The fourth-order valence-electron chi connectivity index (χ4n) is 3.59. The summed E-state index contributed by atoms with van der Waals surface area (Å²) in [6, 6.07) is 0.484. The molecule has 26 heavy (non-hydrogen) atoms. The van der Waals surface area contributed by atoms with E-state index in [0.717, 1.165) is 48.9 Å². The summed E-state index contributed by atoms with van der Waals surface area (Å²) in [6.07, 6.45) is 9.81. The largest absolute Gasteiger partial charge is 0.376 e. The van der Waals surface area contributed by atoms with Gasteiger partial charge in [0.1, 0.15) is 12.4 Å². The van der Waals surface area contributed by atoms with Gasteiger partial charge in [-0.05, 0) is 45.3 Å². The smallest absolute Gasteiger partial charge is 0.192 e. The third-order valence-electron chi connectivity index (χ3n) is 5.38. The Balaban J connectivity index is 1.61. The Morgan fingerprint density at radius 3 is 2.88 bits per heavy atom. The van der Waals surface area contributed by atoms with E-state index >= 15 is 0 Å². The second-order valence-corrected chi connectivity index (χ2v) is 8.41. The number of aromatic nitrogens is 3. The van der Waals surface area contributed by atoms with Gasteiger partial charge in [-0.3, -0.25) is 0 Å². The summed E-state index contributed by atoms with van der Waals surface area (Å²) in [5.74, 6) is 2.66. The number of aryl methyl sites for hydroxylation is 1. The molecule has 0 amide bonds. The van der Waals surface area contributed by atoms with Gasteiger partial charge in [0.05, 0.1) is 6.10 Å². The van der Waals surface area contributed by atoms with Gasteiger partial charge in [-0.15, -0.1) is 10.2 Å². The van der Waals surface area contributed by atoms with Crippen molar-refractivity contribution in [1.29, 1.82) is 0 Å². The van der Waals surface area contributed by atoms with Gasteiger partial charge < -0.3 is 19.9 Å². The second-order valence-electron chi connectivity index (χ2n) is 7.27. The van der Waals surface area contributed by atoms with E-state index in [4.69, 9.17) is 9.73 Å². The van der Waals surface area contributed by atoms with Gasteiger partial charge in [-0.25, -0.2) is 4.99 Å². The predicted molar refractivity (Wildman–Crippen MR) is 107 cm³/mol. The van der Waals surface area contributed by atoms with Crippen LogP contribution < -0.4 is 10.6 Å². The molecule has 2 aliphatic rings. The Bertz CT molecular complexity index is 599. The SMILES string of the molecule is CSC1CCCC(NC(=NCc2nnc(C)n2C)NCC2CCCO2)C1. The minimum Gasteiger partial charge on any atom is -0.376 e. The number of guanidine groups is 1. The van der Waals surface area contributed by atoms with Crippen LogP contribution in [0, 0.1) is 6.92 Å². The summed E-state index contributed by atoms with van der Waals surface area (Å²) in [6.45, 7) is 4.17. The summed E-state index contributed by atoms with van der Waals surface area (Å²) >= 11 is 1.98. The Kier molecular flexibility index (Phi) is 7.19. The predicted octanol–water partition coefficient (Wildman–Crippen LogP) is 2.01. The molecular weight excluding hydrogens is 348 g/mol. The maximum atomic E-state index is 5.74. The van der Waals surface area contributed by atoms with E-state index in [1.807, 2.05) is 30.3 Å². The molecular formula is C18H32N6OS. The van der Waals surface area contributed by atoms with E-state index < -0.39 is 0 Å². The highest BCUT2D eigenvalue weighted by Gasteiger charge is 2.23. The van der Waals surface area contributed by atoms with Crippen LogP contribution in [0.1, 0.15) is 50.2 Å². The summed E-state index contributed by atoms with van der Waals surface area (Å²) < 4.78 is 7.73. The van der Waals surface area contributed by atoms with Gasteiger partial charge in [-0.2, -0.15) is 11.8 Å². The van der Waals surface area contributed by atoms with Gasteiger partial charge in [0.2, 0.25) is 0 Å². The van der Waals surface area contributed by atoms with Gasteiger partial charge in [-0.1, -0.05) is 6.42 Å². The topological polar surface area (TPSA) is 76.4 Å². The number of thioether (sulfide) groups is 1. The fraction of sp³-hybridized carbons (Fsp3) is 0.833. The van der Waals surface area contributed by atoms with Crippen molar-refractivity contribution < 1.29 is 4.74 Å². The molecule has 0 spiro atoms. The van der Waals surface area contributed by atoms with Crippen LogP contribution in [0.4, 0.5) is 0 Å². The number of ether oxygens (including phenoxy) is 1. The van der Waals surface area contributed by atoms with E-state index in [1.165, 1.54) is 25.7 Å². The van der Waals surface area contributed by atoms with Crippen molar-refractivity contribution in [2.75, 3.05) is 19.4 Å². The lowest BCUT2D eigenvalue weighted by molar-refractivity contribution is 0.113. The molecule has 2 N–H and O–H groups in total. The summed E-state index contributed by atoms with van der Waals surface area (Å²) in [5, 5.41) is 16.2. The van der Waals surface area contributed by atoms with E-state index in [9.17, 15) is 0 Å². The molecule has 0 radical (unpaired) electrons. The average Bonchev–Trinajstić information content (AvgIpc) is 3.29. The van der Waals surface area contributed by atoms with Crippen LogP contribution in [0.15, 0.2) is 4.99 Å². The lowest BCUT2D eigenvalue weighted by Crippen LogP contribution is -2.47. The van der Waals surface area contributed by atoms with Crippen LogP contribution >= 0.6 is 11.8 Å². The van der Waals surface area contributed by atoms with E-state index in [1.54, 1.807) is 0 Å². The molecule has 2 heterocycles. The molecule has 2 fully saturated rings. The number of aliphatic imine (C=N–C) groups is 1. The lowest BCUT2D eigenvalue weighted by atomic mass is 9.95. The van der Waals surface area contributed by atoms with Crippen molar-refractivity contribution in [3.05, 3.63) is 11.6 Å². The first-order chi connectivity index (χ1) is 12.7. The monoisotopic (exact) mass is 380 g/mol. The summed E-state index contributed by atoms with van der Waals surface area (Å²) in [7, 11) is 1.98. The molecule has 7 nitrogen and oxygen atoms in total. The summed E-state index contributed by atoms with van der Waals surface area (Å²) in [4.78, 5) is 4.78. The standard InChI is InChI=1S/C18H32N6OS/c1-13-22-23-17(24(13)2)12-20-18(19-11-15-7-5-9-25-15)21-14-6-4-8-16(10-14)26-3/h14-16H,4-12H2,1-3H3,(H2,19,20,21). The molecule has 3 atom stereocenters. The zero-order valence-corrected chi connectivity index (χ0v) is 17.0. The van der Waals surface area contributed by atoms with Crippen molar-refractivity contribution >= 4 is 17.7 Å². The van der Waals surface area contributed by atoms with Gasteiger partial charge in [0.25, 0.3) is 0 Å². The second kappa shape index (κ2) is 9.60. The maximum Gasteiger partial charge on any atom is 0.192 e. The first-order valence-electron chi connectivity index (χ1n) is 9.70. The number of hydrogen-bond donors (Lipinski definition) is 2. The van der Waals surface area contributed by atoms with Crippen LogP contribution in [-0.2, 0) is 18.3 Å². The maximum absolute atomic E-state index is 5.74. The van der Waals surface area contributed by atoms with Crippen LogP contribution in [0.5, 0.6) is 0 Å². The highest BCUT2D eigenvalue weighted by molar-refractivity contribution is 7.99. The number of rotatable bonds is 6. The van der Waals surface area contributed by atoms with Gasteiger partial charge >= 0.3 is 0 Å². The zero-order valence-electron chi connectivity index (χ0n) is 16.2. The zero-order chi connectivity index (χ0) is 18.4. The Morgan fingerprint density at radius 1 is 1.31 bits per heavy atom. The molecule has 8 heteroatoms. The molecule has 0 bridgehead atoms. The number of nitrogens with one attached hydrogen (secondary N) is 2. The molecule has 0 aromatic carbocycles. The Labute approximate surface area is 160 Å². The molecule has 1 aliphatic heterocycles. The normalized spacial score (nSPS) is 26.9. The van der Waals surface area contributed by atoms with E-state index in [0.29, 0.717) is 18.7 Å². The molecule has 1 aromatic rings. The van der Waals surface area contributed by atoms with Crippen molar-refractivity contribution in [3.8, 4) is 0 Å². The molecule has 1 aliphatic carbocycles. The van der Waals surface area contributed by atoms with Gasteiger partial charge in [0.15, 0.2) is 11.8 Å². The fourth-order valence-corrected chi connectivity index (χ4v) is 4.42. The highest BCUT2D eigenvalue weighted by atomic mass is 32.2. The van der Waals surface area contributed by atoms with Crippen LogP contribution in [0.2, 0.25) is 0 Å². The minimum absolute atomic E-state index is 0.296. The van der Waals surface area contributed by atoms with E-state index in [-0.39, 0.29) is 0 Å². The third-order valence-corrected chi connectivity index (χ3v) is 6.48. The molecule has 1 saturated heterocycles. The van der Waals surface area contributed by atoms with Crippen LogP contribution in [0.3, 0.4) is 0 Å². The number of nitrogens with zero attached hydrogens (tertiary/aromatic N) is 4. The molecule has 1 aromatic heterocycles. The third kappa shape index (κ3) is 5.36. The summed E-state index contributed by atoms with van der Waals surface area (Å²) in [5.41, 5.74) is 0. The first kappa shape index (κ1) is 19.5. The van der Waals surface area contributed by atoms with Gasteiger partial charge in [0, 0.05) is 31.5 Å². The quantitative estimate of drug-likeness (QED) is 0.581. The van der Waals surface area contributed by atoms with Crippen molar-refractivity contribution in [1.82, 2.24) is 25.4 Å². The van der Waals surface area contributed by atoms with Crippen LogP contribution in [-0.4, -0.2) is 57.5 Å². The number of hydrogen-bond acceptors (Lipinski definition) is 5. The Hall–Kier alpha value is -1.28. The van der Waals surface area contributed by atoms with E-state index in [2.05, 4.69) is 27.1 Å². The van der Waals surface area contributed by atoms with Crippen LogP contribution in [0.25, 0.3) is 0 Å². The molecule has 3 rings (SSSR count). The van der Waals surface area contributed by atoms with Crippen molar-refractivity contribution in [2.45, 2.75) is 69.4 Å². The molecule has 1 saturated carbocycles. The minimum atomic E-state index is 0.296. The first-order valence-corrected chi connectivity index (χ1v) is 11.0. The Morgan fingerprint density at radius 2 is 2.19 bits per heavy atom. The molecule has 3 unspecified atom stereocenters. The van der Waals surface area contributed by atoms with Crippen molar-refractivity contribution in [3.63, 3.8) is 0 Å². The lowest BCUT2D eigenvalue weighted by Gasteiger charge is -2.30. The molecule has 146 valence electrons. The highest BCUT2D eigenvalue weighted by Crippen LogP contribution is 2.26. The average molecular weight is 381 g/mol.